The van der Waals surface area contributed by atoms with Crippen molar-refractivity contribution in [3.05, 3.63) is 158 Å². The van der Waals surface area contributed by atoms with E-state index < -0.39 is 6.10 Å². The highest BCUT2D eigenvalue weighted by Gasteiger charge is 2.19. The van der Waals surface area contributed by atoms with Gasteiger partial charge in [0.25, 0.3) is 0 Å². The van der Waals surface area contributed by atoms with Crippen LogP contribution in [0.2, 0.25) is 0 Å². The van der Waals surface area contributed by atoms with Crippen molar-refractivity contribution in [2.75, 3.05) is 13.2 Å². The average molecular weight is 1010 g/mol. The zero-order chi connectivity index (χ0) is 52.9. The van der Waals surface area contributed by atoms with Gasteiger partial charge in [0.05, 0.1) is 0 Å². The Balaban J connectivity index is 4.52. The van der Waals surface area contributed by atoms with Gasteiger partial charge in [-0.05, 0) is 135 Å². The molecule has 0 amide bonds. The second-order valence-corrected chi connectivity index (χ2v) is 18.4. The maximum Gasteiger partial charge on any atom is 0.306 e. The smallest absolute Gasteiger partial charge is 0.306 e. The Kier molecular flexibility index (Phi) is 55.5. The van der Waals surface area contributed by atoms with Crippen LogP contribution in [0.4, 0.5) is 0 Å². The van der Waals surface area contributed by atoms with E-state index in [1.807, 2.05) is 0 Å². The Labute approximate surface area is 448 Å². The molecular weight excluding hydrogens is 901 g/mol. The topological polar surface area (TPSA) is 78.9 Å². The van der Waals surface area contributed by atoms with Gasteiger partial charge >= 0.3 is 17.9 Å². The van der Waals surface area contributed by atoms with Crippen LogP contribution in [0.25, 0.3) is 0 Å². The van der Waals surface area contributed by atoms with Gasteiger partial charge in [0.1, 0.15) is 13.2 Å². The van der Waals surface area contributed by atoms with Crippen molar-refractivity contribution in [2.24, 2.45) is 0 Å². The van der Waals surface area contributed by atoms with Crippen LogP contribution in [0.1, 0.15) is 226 Å². The summed E-state index contributed by atoms with van der Waals surface area (Å²) in [6, 6.07) is 0. The lowest BCUT2D eigenvalue weighted by Gasteiger charge is -2.18. The third-order valence-corrected chi connectivity index (χ3v) is 11.5. The van der Waals surface area contributed by atoms with Crippen LogP contribution in [0.15, 0.2) is 158 Å². The molecule has 0 heterocycles. The Morgan fingerprint density at radius 2 is 0.507 bits per heavy atom. The molecule has 0 aliphatic carbocycles. The molecule has 1 atom stereocenters. The molecule has 0 aromatic carbocycles. The van der Waals surface area contributed by atoms with E-state index in [0.717, 1.165) is 154 Å². The van der Waals surface area contributed by atoms with Gasteiger partial charge in [0, 0.05) is 19.3 Å². The minimum Gasteiger partial charge on any atom is -0.462 e. The van der Waals surface area contributed by atoms with Gasteiger partial charge in [0.15, 0.2) is 6.10 Å². The molecule has 0 saturated carbocycles. The fraction of sp³-hybridized carbons (Fsp3) is 0.567. The third kappa shape index (κ3) is 57.8. The molecule has 1 unspecified atom stereocenters. The summed E-state index contributed by atoms with van der Waals surface area (Å²) in [4.78, 5) is 38.2. The summed E-state index contributed by atoms with van der Waals surface area (Å²) in [6.07, 6.45) is 86.7. The Hall–Kier alpha value is -4.97. The van der Waals surface area contributed by atoms with E-state index in [1.54, 1.807) is 0 Å². The average Bonchev–Trinajstić information content (AvgIpc) is 3.39. The zero-order valence-corrected chi connectivity index (χ0v) is 46.6. The highest BCUT2D eigenvalue weighted by atomic mass is 16.6. The number of rotatable bonds is 50. The zero-order valence-electron chi connectivity index (χ0n) is 46.6. The van der Waals surface area contributed by atoms with E-state index in [4.69, 9.17) is 14.2 Å². The normalized spacial score (nSPS) is 13.3. The van der Waals surface area contributed by atoms with Gasteiger partial charge in [-0.25, -0.2) is 0 Å². The lowest BCUT2D eigenvalue weighted by atomic mass is 10.1. The van der Waals surface area contributed by atoms with E-state index >= 15 is 0 Å². The van der Waals surface area contributed by atoms with E-state index in [9.17, 15) is 14.4 Å². The van der Waals surface area contributed by atoms with E-state index in [2.05, 4.69) is 179 Å². The van der Waals surface area contributed by atoms with Gasteiger partial charge in [-0.2, -0.15) is 0 Å². The number of hydrogen-bond acceptors (Lipinski definition) is 6. The fourth-order valence-corrected chi connectivity index (χ4v) is 7.28. The van der Waals surface area contributed by atoms with Crippen molar-refractivity contribution in [2.45, 2.75) is 232 Å². The van der Waals surface area contributed by atoms with Crippen LogP contribution in [-0.2, 0) is 28.6 Å². The summed E-state index contributed by atoms with van der Waals surface area (Å²) < 4.78 is 16.8. The molecular formula is C67H104O6. The van der Waals surface area contributed by atoms with Crippen molar-refractivity contribution < 1.29 is 28.6 Å². The number of esters is 3. The van der Waals surface area contributed by atoms with Crippen LogP contribution in [0, 0.1) is 0 Å². The molecule has 0 saturated heterocycles. The second kappa shape index (κ2) is 59.6. The summed E-state index contributed by atoms with van der Waals surface area (Å²) >= 11 is 0. The minimum absolute atomic E-state index is 0.119. The monoisotopic (exact) mass is 1000 g/mol. The first-order valence-corrected chi connectivity index (χ1v) is 29.0. The first-order chi connectivity index (χ1) is 36.0. The predicted octanol–water partition coefficient (Wildman–Crippen LogP) is 19.8. The summed E-state index contributed by atoms with van der Waals surface area (Å²) in [7, 11) is 0. The van der Waals surface area contributed by atoms with Crippen LogP contribution < -0.4 is 0 Å². The first-order valence-electron chi connectivity index (χ1n) is 29.0. The molecule has 0 N–H and O–H groups in total. The van der Waals surface area contributed by atoms with Gasteiger partial charge in [-0.15, -0.1) is 0 Å². The maximum atomic E-state index is 12.8. The number of carbonyl (C=O) groups excluding carboxylic acids is 3. The van der Waals surface area contributed by atoms with Gasteiger partial charge in [-0.3, -0.25) is 14.4 Å². The molecule has 0 fully saturated rings. The molecule has 408 valence electrons. The summed E-state index contributed by atoms with van der Waals surface area (Å²) in [5.74, 6) is -1.01. The molecule has 6 heteroatoms. The molecule has 0 aromatic heterocycles. The van der Waals surface area contributed by atoms with Crippen LogP contribution >= 0.6 is 0 Å². The van der Waals surface area contributed by atoms with E-state index in [0.29, 0.717) is 19.3 Å². The van der Waals surface area contributed by atoms with Crippen molar-refractivity contribution in [1.82, 2.24) is 0 Å². The van der Waals surface area contributed by atoms with Gasteiger partial charge in [-0.1, -0.05) is 230 Å². The Morgan fingerprint density at radius 1 is 0.274 bits per heavy atom. The lowest BCUT2D eigenvalue weighted by Crippen LogP contribution is -2.30. The fourth-order valence-electron chi connectivity index (χ4n) is 7.28. The largest absolute Gasteiger partial charge is 0.462 e. The number of carbonyl (C=O) groups is 3. The minimum atomic E-state index is -0.829. The molecule has 0 aliphatic heterocycles. The summed E-state index contributed by atoms with van der Waals surface area (Å²) in [5.41, 5.74) is 0. The van der Waals surface area contributed by atoms with Gasteiger partial charge in [0.2, 0.25) is 0 Å². The van der Waals surface area contributed by atoms with E-state index in [1.165, 1.54) is 25.7 Å². The van der Waals surface area contributed by atoms with Crippen LogP contribution in [0.3, 0.4) is 0 Å². The molecule has 0 aromatic rings. The SMILES string of the molecule is CC/C=C\C/C=C\C/C=C\C/C=C\C/C=C\CCCCCCCCCC(=O)OCC(COC(=O)CCCCCCC/C=C\C/C=C\C/C=C\CC)OC(=O)CCC/C=C\C/C=C\C/C=C\C/C=C\C/C=C\CC. The molecule has 0 radical (unpaired) electrons. The highest BCUT2D eigenvalue weighted by molar-refractivity contribution is 5.71. The van der Waals surface area contributed by atoms with Crippen molar-refractivity contribution in [3.63, 3.8) is 0 Å². The van der Waals surface area contributed by atoms with E-state index in [-0.39, 0.29) is 37.5 Å². The number of allylic oxidation sites excluding steroid dienone is 26. The van der Waals surface area contributed by atoms with Crippen LogP contribution in [-0.4, -0.2) is 37.2 Å². The lowest BCUT2D eigenvalue weighted by molar-refractivity contribution is -0.167. The number of ether oxygens (including phenoxy) is 3. The number of unbranched alkanes of at least 4 members (excludes halogenated alkanes) is 13. The predicted molar refractivity (Wildman–Crippen MR) is 315 cm³/mol. The van der Waals surface area contributed by atoms with Crippen LogP contribution in [0.5, 0.6) is 0 Å². The molecule has 0 spiro atoms. The van der Waals surface area contributed by atoms with Crippen molar-refractivity contribution in [1.29, 1.82) is 0 Å². The highest BCUT2D eigenvalue weighted by Crippen LogP contribution is 2.13. The molecule has 0 bridgehead atoms. The maximum absolute atomic E-state index is 12.8. The Morgan fingerprint density at radius 3 is 0.808 bits per heavy atom. The Bertz CT molecular complexity index is 1670. The molecule has 6 nitrogen and oxygen atoms in total. The summed E-state index contributed by atoms with van der Waals surface area (Å²) in [6.45, 7) is 6.21. The number of hydrogen-bond donors (Lipinski definition) is 0. The van der Waals surface area contributed by atoms with Crippen molar-refractivity contribution >= 4 is 17.9 Å². The molecule has 73 heavy (non-hydrogen) atoms. The summed E-state index contributed by atoms with van der Waals surface area (Å²) in [5, 5.41) is 0. The second-order valence-electron chi connectivity index (χ2n) is 18.4. The standard InChI is InChI=1S/C67H104O6/c1-4-7-10-13-16-19-22-25-28-30-31-32-33-34-35-37-39-42-45-48-51-54-57-60-66(69)72-63-64(62-71-65(68)59-56-53-50-47-44-41-38-27-24-21-18-15-12-9-6-3)73-67(70)61-58-55-52-49-46-43-40-36-29-26-23-20-17-14-11-8-5-2/h7-12,16-21,25-29,31-32,34-35,38,40,43,49,52,64H,4-6,13-15,22-24,30,33,36-37,39,41-42,44-48,50-51,53-63H2,1-3H3/b10-7-,11-8-,12-9-,19-16-,20-17-,21-18-,28-25-,29-26-,32-31-,35-34-,38-27-,43-40-,52-49-. The first kappa shape index (κ1) is 68.0. The quantitative estimate of drug-likeness (QED) is 0.0261. The van der Waals surface area contributed by atoms with Crippen molar-refractivity contribution in [3.8, 4) is 0 Å². The molecule has 0 rings (SSSR count). The van der Waals surface area contributed by atoms with Gasteiger partial charge < -0.3 is 14.2 Å². The third-order valence-electron chi connectivity index (χ3n) is 11.5. The molecule has 0 aliphatic rings.